The molecular weight excluding hydrogens is 300 g/mol. The normalized spacial score (nSPS) is 36.4. The summed E-state index contributed by atoms with van der Waals surface area (Å²) in [5.41, 5.74) is 0. The number of methoxy groups -OCH3 is 1. The zero-order valence-electron chi connectivity index (χ0n) is 12.6. The van der Waals surface area contributed by atoms with Crippen molar-refractivity contribution in [2.24, 2.45) is 0 Å². The van der Waals surface area contributed by atoms with E-state index in [1.54, 1.807) is 19.9 Å². The van der Waals surface area contributed by atoms with Crippen molar-refractivity contribution in [3.8, 4) is 0 Å². The van der Waals surface area contributed by atoms with E-state index in [0.717, 1.165) is 6.26 Å². The first-order chi connectivity index (χ1) is 9.67. The molecule has 0 aliphatic carbocycles. The van der Waals surface area contributed by atoms with Gasteiger partial charge in [-0.15, -0.1) is 6.58 Å². The smallest absolute Gasteiger partial charge is 0.264 e. The van der Waals surface area contributed by atoms with E-state index in [9.17, 15) is 8.42 Å². The maximum Gasteiger partial charge on any atom is 0.264 e. The Labute approximate surface area is 125 Å². The van der Waals surface area contributed by atoms with Crippen molar-refractivity contribution < 1.29 is 31.5 Å². The van der Waals surface area contributed by atoms with Crippen LogP contribution in [0.4, 0.5) is 0 Å². The Morgan fingerprint density at radius 3 is 2.48 bits per heavy atom. The van der Waals surface area contributed by atoms with Gasteiger partial charge in [-0.25, -0.2) is 0 Å². The van der Waals surface area contributed by atoms with Crippen molar-refractivity contribution >= 4 is 10.1 Å². The van der Waals surface area contributed by atoms with E-state index in [1.165, 1.54) is 7.11 Å². The van der Waals surface area contributed by atoms with Crippen LogP contribution in [-0.4, -0.2) is 58.3 Å². The summed E-state index contributed by atoms with van der Waals surface area (Å²) in [5, 5.41) is 0. The van der Waals surface area contributed by atoms with E-state index in [0.29, 0.717) is 6.42 Å². The molecule has 2 rings (SSSR count). The fourth-order valence-corrected chi connectivity index (χ4v) is 3.33. The summed E-state index contributed by atoms with van der Waals surface area (Å²) in [6, 6.07) is 0. The predicted octanol–water partition coefficient (Wildman–Crippen LogP) is 0.799. The minimum absolute atomic E-state index is 0.307. The lowest BCUT2D eigenvalue weighted by Gasteiger charge is -2.27. The van der Waals surface area contributed by atoms with Crippen molar-refractivity contribution in [2.45, 2.75) is 56.8 Å². The van der Waals surface area contributed by atoms with Gasteiger partial charge in [-0.05, 0) is 20.3 Å². The molecule has 7 nitrogen and oxygen atoms in total. The zero-order chi connectivity index (χ0) is 15.8. The van der Waals surface area contributed by atoms with E-state index in [4.69, 9.17) is 23.1 Å². The van der Waals surface area contributed by atoms with Gasteiger partial charge >= 0.3 is 0 Å². The molecule has 0 spiro atoms. The number of hydrogen-bond donors (Lipinski definition) is 0. The number of hydrogen-bond acceptors (Lipinski definition) is 7. The van der Waals surface area contributed by atoms with Crippen LogP contribution >= 0.6 is 0 Å². The standard InChI is InChI=1S/C13H22O7S/c1-6-7-8(20-21(5,14)15)9-10-11(12(16-4)17-9)19-13(2,3)18-10/h6,8-12H,1,7H2,2-5H3/t8-,9-,10+,11+,12+/m1/s1. The van der Waals surface area contributed by atoms with Gasteiger partial charge in [-0.2, -0.15) is 8.42 Å². The average Bonchev–Trinajstić information content (AvgIpc) is 2.79. The molecule has 2 saturated heterocycles. The van der Waals surface area contributed by atoms with Crippen LogP contribution in [0.1, 0.15) is 20.3 Å². The minimum Gasteiger partial charge on any atom is -0.353 e. The molecule has 21 heavy (non-hydrogen) atoms. The highest BCUT2D eigenvalue weighted by molar-refractivity contribution is 7.86. The first-order valence-corrected chi connectivity index (χ1v) is 8.51. The van der Waals surface area contributed by atoms with Crippen LogP contribution in [0.3, 0.4) is 0 Å². The molecule has 2 aliphatic rings. The summed E-state index contributed by atoms with van der Waals surface area (Å²) in [6.07, 6.45) is 0.0203. The highest BCUT2D eigenvalue weighted by Crippen LogP contribution is 2.41. The van der Waals surface area contributed by atoms with Gasteiger partial charge in [0.1, 0.15) is 24.4 Å². The van der Waals surface area contributed by atoms with Crippen LogP contribution in [0, 0.1) is 0 Å². The summed E-state index contributed by atoms with van der Waals surface area (Å²) >= 11 is 0. The molecule has 0 bridgehead atoms. The van der Waals surface area contributed by atoms with Crippen LogP contribution < -0.4 is 0 Å². The van der Waals surface area contributed by atoms with E-state index in [2.05, 4.69) is 6.58 Å². The third-order valence-electron chi connectivity index (χ3n) is 3.34. The molecule has 0 aromatic rings. The molecule has 2 aliphatic heterocycles. The molecule has 2 fully saturated rings. The van der Waals surface area contributed by atoms with Crippen LogP contribution in [0.2, 0.25) is 0 Å². The first kappa shape index (κ1) is 16.9. The maximum atomic E-state index is 11.4. The summed E-state index contributed by atoms with van der Waals surface area (Å²) in [4.78, 5) is 0. The monoisotopic (exact) mass is 322 g/mol. The van der Waals surface area contributed by atoms with Crippen LogP contribution in [-0.2, 0) is 33.2 Å². The van der Waals surface area contributed by atoms with Gasteiger partial charge in [-0.1, -0.05) is 6.08 Å². The first-order valence-electron chi connectivity index (χ1n) is 6.70. The largest absolute Gasteiger partial charge is 0.353 e. The third kappa shape index (κ3) is 3.82. The van der Waals surface area contributed by atoms with Crippen LogP contribution in [0.25, 0.3) is 0 Å². The fraction of sp³-hybridized carbons (Fsp3) is 0.846. The van der Waals surface area contributed by atoms with Gasteiger partial charge in [0.2, 0.25) is 0 Å². The summed E-state index contributed by atoms with van der Waals surface area (Å²) in [5.74, 6) is -0.780. The second kappa shape index (κ2) is 5.94. The molecular formula is C13H22O7S. The van der Waals surface area contributed by atoms with Gasteiger partial charge in [0, 0.05) is 7.11 Å². The van der Waals surface area contributed by atoms with Gasteiger partial charge in [0.25, 0.3) is 10.1 Å². The summed E-state index contributed by atoms with van der Waals surface area (Å²) in [6.45, 7) is 7.19. The van der Waals surface area contributed by atoms with Crippen LogP contribution in [0.15, 0.2) is 12.7 Å². The molecule has 0 N–H and O–H groups in total. The second-order valence-electron chi connectivity index (χ2n) is 5.63. The Bertz CT molecular complexity index is 487. The molecule has 2 heterocycles. The topological polar surface area (TPSA) is 80.3 Å². The summed E-state index contributed by atoms with van der Waals surface area (Å²) < 4.78 is 50.5. The molecule has 0 unspecified atom stereocenters. The highest BCUT2D eigenvalue weighted by atomic mass is 32.2. The maximum absolute atomic E-state index is 11.4. The lowest BCUT2D eigenvalue weighted by atomic mass is 10.0. The van der Waals surface area contributed by atoms with E-state index < -0.39 is 46.6 Å². The molecule has 0 amide bonds. The van der Waals surface area contributed by atoms with E-state index in [1.807, 2.05) is 0 Å². The minimum atomic E-state index is -3.63. The Morgan fingerprint density at radius 1 is 1.33 bits per heavy atom. The number of rotatable bonds is 6. The third-order valence-corrected chi connectivity index (χ3v) is 3.94. The van der Waals surface area contributed by atoms with E-state index >= 15 is 0 Å². The van der Waals surface area contributed by atoms with Gasteiger partial charge < -0.3 is 18.9 Å². The summed E-state index contributed by atoms with van der Waals surface area (Å²) in [7, 11) is -2.13. The van der Waals surface area contributed by atoms with Crippen molar-refractivity contribution in [3.05, 3.63) is 12.7 Å². The second-order valence-corrected chi connectivity index (χ2v) is 7.23. The van der Waals surface area contributed by atoms with Crippen molar-refractivity contribution in [3.63, 3.8) is 0 Å². The Balaban J connectivity index is 2.22. The number of fused-ring (bicyclic) bond motifs is 1. The van der Waals surface area contributed by atoms with Gasteiger partial charge in [0.05, 0.1) is 6.26 Å². The van der Waals surface area contributed by atoms with Crippen molar-refractivity contribution in [2.75, 3.05) is 13.4 Å². The Hall–Kier alpha value is -0.510. The quantitative estimate of drug-likeness (QED) is 0.528. The molecule has 0 aromatic carbocycles. The van der Waals surface area contributed by atoms with Gasteiger partial charge in [0.15, 0.2) is 12.1 Å². The zero-order valence-corrected chi connectivity index (χ0v) is 13.5. The predicted molar refractivity (Wildman–Crippen MR) is 74.0 cm³/mol. The Kier molecular flexibility index (Phi) is 4.77. The molecule has 0 aromatic heterocycles. The highest BCUT2D eigenvalue weighted by Gasteiger charge is 2.57. The molecule has 122 valence electrons. The lowest BCUT2D eigenvalue weighted by molar-refractivity contribution is -0.235. The molecule has 0 radical (unpaired) electrons. The van der Waals surface area contributed by atoms with Crippen molar-refractivity contribution in [1.82, 2.24) is 0 Å². The Morgan fingerprint density at radius 2 is 1.95 bits per heavy atom. The molecule has 8 heteroatoms. The van der Waals surface area contributed by atoms with E-state index in [-0.39, 0.29) is 0 Å². The fourth-order valence-electron chi connectivity index (χ4n) is 2.70. The number of ether oxygens (including phenoxy) is 4. The average molecular weight is 322 g/mol. The van der Waals surface area contributed by atoms with Gasteiger partial charge in [-0.3, -0.25) is 4.18 Å². The lowest BCUT2D eigenvalue weighted by Crippen LogP contribution is -2.40. The molecule has 5 atom stereocenters. The van der Waals surface area contributed by atoms with Crippen LogP contribution in [0.5, 0.6) is 0 Å². The SMILES string of the molecule is C=CC[C@@H](OS(C)(=O)=O)[C@H]1O[C@H](OC)[C@H]2OC(C)(C)O[C@H]21. The van der Waals surface area contributed by atoms with Crippen molar-refractivity contribution in [1.29, 1.82) is 0 Å². The molecule has 0 saturated carbocycles.